The number of alkyl halides is 3. The van der Waals surface area contributed by atoms with Crippen LogP contribution in [0.3, 0.4) is 0 Å². The van der Waals surface area contributed by atoms with Crippen LogP contribution in [0, 0.1) is 11.3 Å². The molecule has 208 valence electrons. The molecule has 0 saturated heterocycles. The Morgan fingerprint density at radius 1 is 0.951 bits per heavy atom. The van der Waals surface area contributed by atoms with Gasteiger partial charge in [0, 0.05) is 24.9 Å². The van der Waals surface area contributed by atoms with Crippen molar-refractivity contribution in [3.05, 3.63) is 96.2 Å². The molecule has 0 spiro atoms. The number of nitrogens with one attached hydrogen (secondary N) is 1. The fourth-order valence-corrected chi connectivity index (χ4v) is 3.55. The Hall–Kier alpha value is -5.41. The topological polar surface area (TPSA) is 141 Å². The highest BCUT2D eigenvalue weighted by molar-refractivity contribution is 5.83. The van der Waals surface area contributed by atoms with Crippen LogP contribution in [-0.4, -0.2) is 43.9 Å². The summed E-state index contributed by atoms with van der Waals surface area (Å²) in [7, 11) is 0. The van der Waals surface area contributed by atoms with Gasteiger partial charge in [-0.15, -0.1) is 0 Å². The van der Waals surface area contributed by atoms with Crippen molar-refractivity contribution in [3.8, 4) is 40.6 Å². The van der Waals surface area contributed by atoms with Crippen molar-refractivity contribution < 1.29 is 37.7 Å². The second kappa shape index (κ2) is 12.6. The number of H-pyrrole nitrogens is 1. The molecule has 0 atom stereocenters. The number of benzene rings is 3. The van der Waals surface area contributed by atoms with Gasteiger partial charge in [0.25, 0.3) is 0 Å². The number of aromatic nitrogens is 3. The molecule has 5 aromatic rings. The lowest BCUT2D eigenvalue weighted by Crippen LogP contribution is -2.21. The molecular formula is C29H21F3N4O5. The third-order valence-electron chi connectivity index (χ3n) is 5.48. The number of aliphatic carboxylic acids is 1. The molecule has 2 heterocycles. The van der Waals surface area contributed by atoms with Gasteiger partial charge in [-0.05, 0) is 48.4 Å². The number of ether oxygens (including phenoxy) is 2. The van der Waals surface area contributed by atoms with E-state index in [0.29, 0.717) is 46.3 Å². The largest absolute Gasteiger partial charge is 0.490 e. The summed E-state index contributed by atoms with van der Waals surface area (Å²) >= 11 is 0. The van der Waals surface area contributed by atoms with Crippen LogP contribution in [0.4, 0.5) is 13.2 Å². The molecule has 0 aliphatic carbocycles. The molecule has 0 bridgehead atoms. The maximum Gasteiger partial charge on any atom is 0.490 e. The molecule has 0 saturated carbocycles. The van der Waals surface area contributed by atoms with Crippen LogP contribution in [-0.2, 0) is 11.2 Å². The van der Waals surface area contributed by atoms with E-state index in [4.69, 9.17) is 24.5 Å². The number of aliphatic hydroxyl groups is 1. The minimum absolute atomic E-state index is 0.0889. The zero-order chi connectivity index (χ0) is 29.4. The second-order valence-corrected chi connectivity index (χ2v) is 8.35. The number of nitrogens with zero attached hydrogens (tertiary/aromatic N) is 3. The molecule has 3 aromatic carbocycles. The molecular weight excluding hydrogens is 541 g/mol. The predicted molar refractivity (Wildman–Crippen MR) is 142 cm³/mol. The Kier molecular flexibility index (Phi) is 8.81. The summed E-state index contributed by atoms with van der Waals surface area (Å²) in [5.41, 5.74) is 3.58. The summed E-state index contributed by atoms with van der Waals surface area (Å²) in [6.45, 7) is 0.0889. The maximum absolute atomic E-state index is 10.6. The van der Waals surface area contributed by atoms with Gasteiger partial charge >= 0.3 is 12.1 Å². The van der Waals surface area contributed by atoms with E-state index in [1.165, 1.54) is 0 Å². The van der Waals surface area contributed by atoms with E-state index in [0.717, 1.165) is 16.8 Å². The summed E-state index contributed by atoms with van der Waals surface area (Å²) in [5, 5.41) is 25.7. The predicted octanol–water partition coefficient (Wildman–Crippen LogP) is 6.25. The van der Waals surface area contributed by atoms with Gasteiger partial charge in [-0.1, -0.05) is 30.3 Å². The Morgan fingerprint density at radius 2 is 1.63 bits per heavy atom. The highest BCUT2D eigenvalue weighted by Crippen LogP contribution is 2.39. The summed E-state index contributed by atoms with van der Waals surface area (Å²) in [5.74, 6) is -0.200. The molecule has 5 rings (SSSR count). The van der Waals surface area contributed by atoms with Gasteiger partial charge in [0.1, 0.15) is 23.3 Å². The summed E-state index contributed by atoms with van der Waals surface area (Å²) in [6, 6.07) is 25.9. The fourth-order valence-electron chi connectivity index (χ4n) is 3.55. The molecule has 0 radical (unpaired) electrons. The molecule has 0 amide bonds. The third-order valence-corrected chi connectivity index (χ3v) is 5.48. The highest BCUT2D eigenvalue weighted by atomic mass is 19.4. The molecule has 12 heteroatoms. The van der Waals surface area contributed by atoms with Gasteiger partial charge in [-0.2, -0.15) is 18.4 Å². The number of fused-ring (bicyclic) bond motifs is 1. The Labute approximate surface area is 231 Å². The molecule has 2 aromatic heterocycles. The number of imidazole rings is 1. The molecule has 0 unspecified atom stereocenters. The lowest BCUT2D eigenvalue weighted by Gasteiger charge is -2.13. The quantitative estimate of drug-likeness (QED) is 0.211. The zero-order valence-electron chi connectivity index (χ0n) is 21.1. The molecule has 9 nitrogen and oxygen atoms in total. The van der Waals surface area contributed by atoms with Crippen LogP contribution in [0.1, 0.15) is 11.1 Å². The summed E-state index contributed by atoms with van der Waals surface area (Å²) in [6.07, 6.45) is -2.79. The van der Waals surface area contributed by atoms with Crippen molar-refractivity contribution in [1.29, 1.82) is 5.26 Å². The van der Waals surface area contributed by atoms with Crippen LogP contribution < -0.4 is 9.47 Å². The van der Waals surface area contributed by atoms with E-state index < -0.39 is 12.1 Å². The van der Waals surface area contributed by atoms with E-state index in [2.05, 4.69) is 21.0 Å². The number of para-hydroxylation sites is 1. The summed E-state index contributed by atoms with van der Waals surface area (Å²) in [4.78, 5) is 21.2. The number of pyridine rings is 1. The van der Waals surface area contributed by atoms with E-state index in [-0.39, 0.29) is 6.61 Å². The average molecular weight is 563 g/mol. The number of carboxylic acid groups (broad SMARTS) is 1. The standard InChI is InChI=1S/C27H20N4O3.C2HF3O2/c28-17-19-5-1-2-7-24(19)34-26-16-23-22(30-27(31-23)21-6-3-4-13-29-21)15-25(26)33-20-10-8-18(9-11-20)12-14-32;3-2(4,5)1(6)7/h1-11,13,15-16,32H,12,14H2,(H,30,31);(H,6,7). The Balaban J connectivity index is 0.000000493. The third kappa shape index (κ3) is 7.37. The number of hydrogen-bond donors (Lipinski definition) is 3. The van der Waals surface area contributed by atoms with E-state index in [1.807, 2.05) is 54.6 Å². The Bertz CT molecular complexity index is 1680. The molecule has 0 aliphatic heterocycles. The number of aromatic amines is 1. The van der Waals surface area contributed by atoms with Crippen LogP contribution in [0.15, 0.2) is 85.1 Å². The van der Waals surface area contributed by atoms with Crippen LogP contribution >= 0.6 is 0 Å². The van der Waals surface area contributed by atoms with Crippen molar-refractivity contribution >= 4 is 17.0 Å². The van der Waals surface area contributed by atoms with Crippen LogP contribution in [0.2, 0.25) is 0 Å². The minimum Gasteiger partial charge on any atom is -0.475 e. The molecule has 3 N–H and O–H groups in total. The lowest BCUT2D eigenvalue weighted by atomic mass is 10.1. The van der Waals surface area contributed by atoms with Crippen molar-refractivity contribution in [2.45, 2.75) is 12.6 Å². The number of carbonyl (C=O) groups is 1. The number of hydrogen-bond acceptors (Lipinski definition) is 7. The first-order valence-corrected chi connectivity index (χ1v) is 12.0. The van der Waals surface area contributed by atoms with E-state index >= 15 is 0 Å². The number of rotatable bonds is 7. The van der Waals surface area contributed by atoms with Crippen molar-refractivity contribution in [2.75, 3.05) is 6.61 Å². The van der Waals surface area contributed by atoms with Crippen LogP contribution in [0.25, 0.3) is 22.6 Å². The van der Waals surface area contributed by atoms with Gasteiger partial charge in [0.15, 0.2) is 17.3 Å². The fraction of sp³-hybridized carbons (Fsp3) is 0.103. The lowest BCUT2D eigenvalue weighted by molar-refractivity contribution is -0.192. The highest BCUT2D eigenvalue weighted by Gasteiger charge is 2.38. The maximum atomic E-state index is 10.6. The first-order valence-electron chi connectivity index (χ1n) is 12.0. The van der Waals surface area contributed by atoms with Gasteiger partial charge in [0.05, 0.1) is 16.6 Å². The average Bonchev–Trinajstić information content (AvgIpc) is 3.38. The first-order chi connectivity index (χ1) is 19.7. The molecule has 0 fully saturated rings. The van der Waals surface area contributed by atoms with Gasteiger partial charge < -0.3 is 24.7 Å². The number of halogens is 3. The van der Waals surface area contributed by atoms with Crippen LogP contribution in [0.5, 0.6) is 23.0 Å². The van der Waals surface area contributed by atoms with Gasteiger partial charge in [0.2, 0.25) is 0 Å². The number of carboxylic acids is 1. The monoisotopic (exact) mass is 562 g/mol. The number of aliphatic hydroxyl groups excluding tert-OH is 1. The number of nitriles is 1. The van der Waals surface area contributed by atoms with E-state index in [9.17, 15) is 18.4 Å². The van der Waals surface area contributed by atoms with Crippen molar-refractivity contribution in [1.82, 2.24) is 15.0 Å². The SMILES string of the molecule is N#Cc1ccccc1Oc1cc2nc(-c3ccccn3)[nH]c2cc1Oc1ccc(CCO)cc1.O=C(O)C(F)(F)F. The van der Waals surface area contributed by atoms with Gasteiger partial charge in [-0.3, -0.25) is 4.98 Å². The smallest absolute Gasteiger partial charge is 0.475 e. The van der Waals surface area contributed by atoms with Crippen molar-refractivity contribution in [2.24, 2.45) is 0 Å². The van der Waals surface area contributed by atoms with E-state index in [1.54, 1.807) is 30.5 Å². The van der Waals surface area contributed by atoms with Gasteiger partial charge in [-0.25, -0.2) is 9.78 Å². The zero-order valence-corrected chi connectivity index (χ0v) is 21.1. The minimum atomic E-state index is -5.08. The second-order valence-electron chi connectivity index (χ2n) is 8.35. The molecule has 0 aliphatic rings. The molecule has 41 heavy (non-hydrogen) atoms. The van der Waals surface area contributed by atoms with Crippen molar-refractivity contribution in [3.63, 3.8) is 0 Å². The Morgan fingerprint density at radius 3 is 2.27 bits per heavy atom. The normalized spacial score (nSPS) is 10.8. The first kappa shape index (κ1) is 28.6. The summed E-state index contributed by atoms with van der Waals surface area (Å²) < 4.78 is 44.1.